The number of likely N-dealkylation sites (tertiary alicyclic amines) is 1. The third-order valence-electron chi connectivity index (χ3n) is 10.8. The Balaban J connectivity index is 1.15. The Labute approximate surface area is 207 Å². The molecule has 1 N–H and O–H groups in total. The predicted molar refractivity (Wildman–Crippen MR) is 132 cm³/mol. The first-order valence-electron chi connectivity index (χ1n) is 13.7. The minimum Gasteiger partial charge on any atom is -0.446 e. The molecule has 1 aromatic heterocycles. The minimum absolute atomic E-state index is 0.00605. The molecule has 4 aliphatic carbocycles. The highest BCUT2D eigenvalue weighted by molar-refractivity contribution is 5.68. The lowest BCUT2D eigenvalue weighted by molar-refractivity contribution is -0.0868. The van der Waals surface area contributed by atoms with Crippen LogP contribution in [0.15, 0.2) is 39.3 Å². The summed E-state index contributed by atoms with van der Waals surface area (Å²) in [6.45, 7) is 5.96. The second-order valence-corrected chi connectivity index (χ2v) is 12.5. The molecule has 6 rings (SSSR count). The molecule has 1 amide bonds. The van der Waals surface area contributed by atoms with Crippen LogP contribution in [-0.2, 0) is 4.74 Å². The zero-order valence-corrected chi connectivity index (χ0v) is 21.1. The van der Waals surface area contributed by atoms with Gasteiger partial charge in [0.05, 0.1) is 12.4 Å². The van der Waals surface area contributed by atoms with Gasteiger partial charge in [-0.25, -0.2) is 9.59 Å². The lowest BCUT2D eigenvalue weighted by atomic mass is 9.46. The van der Waals surface area contributed by atoms with Gasteiger partial charge in [-0.15, -0.1) is 0 Å². The maximum atomic E-state index is 12.6. The van der Waals surface area contributed by atoms with Crippen molar-refractivity contribution in [1.82, 2.24) is 4.90 Å². The first-order valence-corrected chi connectivity index (χ1v) is 13.7. The van der Waals surface area contributed by atoms with Crippen LogP contribution in [0.5, 0.6) is 0 Å². The van der Waals surface area contributed by atoms with Crippen LogP contribution in [0.4, 0.5) is 4.79 Å². The number of carbonyl (C=O) groups excluding carboxylic acids is 1. The minimum atomic E-state index is -0.408. The van der Waals surface area contributed by atoms with Crippen molar-refractivity contribution in [3.8, 4) is 0 Å². The molecule has 1 aliphatic heterocycles. The molecule has 0 radical (unpaired) electrons. The average molecular weight is 482 g/mol. The van der Waals surface area contributed by atoms with E-state index in [1.807, 2.05) is 6.07 Å². The van der Waals surface area contributed by atoms with Crippen LogP contribution in [0.2, 0.25) is 0 Å². The SMILES string of the molecule is C[C@]12CC[C@H](OC(=O)N3CC[C@H](O)C3)C[C@H]1CC[C@H]1C3=CC[C@H](c4ccc(=O)oc4)[C@@]3(C)CC[C@@H]12. The van der Waals surface area contributed by atoms with E-state index in [-0.39, 0.29) is 23.2 Å². The molecule has 1 saturated heterocycles. The summed E-state index contributed by atoms with van der Waals surface area (Å²) < 4.78 is 11.2. The summed E-state index contributed by atoms with van der Waals surface area (Å²) in [5, 5.41) is 9.76. The fourth-order valence-corrected chi connectivity index (χ4v) is 8.85. The zero-order chi connectivity index (χ0) is 24.4. The van der Waals surface area contributed by atoms with Crippen LogP contribution in [0.3, 0.4) is 0 Å². The molecule has 5 aliphatic rings. The number of amides is 1. The number of fused-ring (bicyclic) bond motifs is 5. The predicted octanol–water partition coefficient (Wildman–Crippen LogP) is 5.26. The number of allylic oxidation sites excluding steroid dienone is 2. The number of aliphatic hydroxyl groups is 1. The molecule has 0 aromatic carbocycles. The summed E-state index contributed by atoms with van der Waals surface area (Å²) in [5.41, 5.74) is 2.99. The molecule has 6 nitrogen and oxygen atoms in total. The molecule has 0 spiro atoms. The Bertz CT molecular complexity index is 1060. The van der Waals surface area contributed by atoms with Gasteiger partial charge < -0.3 is 19.2 Å². The average Bonchev–Trinajstić information content (AvgIpc) is 3.43. The van der Waals surface area contributed by atoms with E-state index < -0.39 is 6.10 Å². The van der Waals surface area contributed by atoms with Crippen molar-refractivity contribution in [3.05, 3.63) is 46.0 Å². The van der Waals surface area contributed by atoms with Crippen LogP contribution >= 0.6 is 0 Å². The van der Waals surface area contributed by atoms with Crippen molar-refractivity contribution in [2.24, 2.45) is 28.6 Å². The van der Waals surface area contributed by atoms with Crippen molar-refractivity contribution in [2.75, 3.05) is 13.1 Å². The molecule has 35 heavy (non-hydrogen) atoms. The quantitative estimate of drug-likeness (QED) is 0.583. The highest BCUT2D eigenvalue weighted by atomic mass is 16.6. The van der Waals surface area contributed by atoms with Crippen molar-refractivity contribution in [2.45, 2.75) is 89.8 Å². The van der Waals surface area contributed by atoms with Gasteiger partial charge in [0.25, 0.3) is 0 Å². The molecule has 8 atom stereocenters. The van der Waals surface area contributed by atoms with Gasteiger partial charge in [0.2, 0.25) is 0 Å². The third-order valence-corrected chi connectivity index (χ3v) is 10.8. The maximum absolute atomic E-state index is 12.6. The summed E-state index contributed by atoms with van der Waals surface area (Å²) in [6, 6.07) is 3.53. The largest absolute Gasteiger partial charge is 0.446 e. The summed E-state index contributed by atoms with van der Waals surface area (Å²) in [7, 11) is 0. The van der Waals surface area contributed by atoms with Gasteiger partial charge in [-0.05, 0) is 104 Å². The molecular weight excluding hydrogens is 442 g/mol. The number of ether oxygens (including phenoxy) is 1. The fourth-order valence-electron chi connectivity index (χ4n) is 8.85. The van der Waals surface area contributed by atoms with E-state index in [1.54, 1.807) is 22.8 Å². The molecule has 0 bridgehead atoms. The number of rotatable bonds is 2. The van der Waals surface area contributed by atoms with Crippen LogP contribution in [-0.4, -0.2) is 41.4 Å². The number of β-amino-alcohol motifs (C(OH)–C–C–N with tert-alkyl or cyclic N) is 1. The van der Waals surface area contributed by atoms with Crippen molar-refractivity contribution in [1.29, 1.82) is 0 Å². The van der Waals surface area contributed by atoms with E-state index >= 15 is 0 Å². The Morgan fingerprint density at radius 3 is 2.74 bits per heavy atom. The fraction of sp³-hybridized carbons (Fsp3) is 0.724. The highest BCUT2D eigenvalue weighted by Crippen LogP contribution is 2.67. The van der Waals surface area contributed by atoms with Crippen molar-refractivity contribution in [3.63, 3.8) is 0 Å². The van der Waals surface area contributed by atoms with Crippen LogP contribution < -0.4 is 5.63 Å². The van der Waals surface area contributed by atoms with Crippen LogP contribution in [0.1, 0.15) is 83.1 Å². The Morgan fingerprint density at radius 2 is 2.00 bits per heavy atom. The topological polar surface area (TPSA) is 80.0 Å². The third kappa shape index (κ3) is 3.78. The normalized spacial score (nSPS) is 42.6. The van der Waals surface area contributed by atoms with Crippen molar-refractivity contribution < 1.29 is 19.1 Å². The Hall–Kier alpha value is -2.08. The van der Waals surface area contributed by atoms with E-state index in [2.05, 4.69) is 19.9 Å². The Kier molecular flexibility index (Phi) is 5.66. The van der Waals surface area contributed by atoms with Gasteiger partial charge in [-0.1, -0.05) is 25.5 Å². The highest BCUT2D eigenvalue weighted by Gasteiger charge is 2.58. The first-order chi connectivity index (χ1) is 16.8. The van der Waals surface area contributed by atoms with Gasteiger partial charge in [0, 0.05) is 19.2 Å². The maximum Gasteiger partial charge on any atom is 0.410 e. The van der Waals surface area contributed by atoms with Crippen LogP contribution in [0, 0.1) is 28.6 Å². The van der Waals surface area contributed by atoms with Gasteiger partial charge in [0.1, 0.15) is 6.10 Å². The van der Waals surface area contributed by atoms with E-state index in [9.17, 15) is 14.7 Å². The Morgan fingerprint density at radius 1 is 1.14 bits per heavy atom. The molecule has 1 aromatic rings. The standard InChI is InChI=1S/C29H39NO5/c1-28-12-9-21(35-27(33)30-14-11-20(31)16-30)15-19(28)4-5-22-24-7-6-23(18-3-8-26(32)34-17-18)29(24,2)13-10-25(22)28/h3,7-8,17,19-23,25,31H,4-6,9-16H2,1-2H3/t19-,20+,21+,22+,23-,25+,28+,29-/m1/s1. The number of nitrogens with zero attached hydrogens (tertiary/aromatic N) is 1. The van der Waals surface area contributed by atoms with E-state index in [1.165, 1.54) is 25.7 Å². The molecule has 190 valence electrons. The number of carbonyl (C=O) groups is 1. The van der Waals surface area contributed by atoms with Gasteiger partial charge in [-0.2, -0.15) is 0 Å². The van der Waals surface area contributed by atoms with E-state index in [0.717, 1.165) is 31.2 Å². The molecular formula is C29H39NO5. The lowest BCUT2D eigenvalue weighted by Gasteiger charge is -2.59. The second kappa shape index (κ2) is 8.50. The van der Waals surface area contributed by atoms with Gasteiger partial charge >= 0.3 is 11.7 Å². The smallest absolute Gasteiger partial charge is 0.410 e. The van der Waals surface area contributed by atoms with Gasteiger partial charge in [0.15, 0.2) is 0 Å². The summed E-state index contributed by atoms with van der Waals surface area (Å²) in [5.74, 6) is 2.33. The van der Waals surface area contributed by atoms with Crippen molar-refractivity contribution >= 4 is 6.09 Å². The molecule has 0 unspecified atom stereocenters. The number of aliphatic hydroxyl groups excluding tert-OH is 1. The zero-order valence-electron chi connectivity index (χ0n) is 21.1. The molecule has 2 heterocycles. The molecule has 4 fully saturated rings. The summed E-state index contributed by atoms with van der Waals surface area (Å²) in [4.78, 5) is 25.8. The second-order valence-electron chi connectivity index (χ2n) is 12.5. The summed E-state index contributed by atoms with van der Waals surface area (Å²) in [6.07, 6.45) is 13.1. The van der Waals surface area contributed by atoms with E-state index in [4.69, 9.17) is 9.15 Å². The first kappa shape index (κ1) is 23.3. The van der Waals surface area contributed by atoms with Gasteiger partial charge in [-0.3, -0.25) is 0 Å². The van der Waals surface area contributed by atoms with E-state index in [0.29, 0.717) is 48.6 Å². The number of hydrogen-bond acceptors (Lipinski definition) is 5. The number of hydrogen-bond donors (Lipinski definition) is 1. The monoisotopic (exact) mass is 481 g/mol. The molecule has 6 heteroatoms. The summed E-state index contributed by atoms with van der Waals surface area (Å²) >= 11 is 0. The molecule has 3 saturated carbocycles. The lowest BCUT2D eigenvalue weighted by Crippen LogP contribution is -2.52. The van der Waals surface area contributed by atoms with Crippen LogP contribution in [0.25, 0.3) is 0 Å².